The van der Waals surface area contributed by atoms with Crippen LogP contribution in [-0.2, 0) is 16.0 Å². The van der Waals surface area contributed by atoms with Gasteiger partial charge in [0.1, 0.15) is 5.76 Å². The normalized spacial score (nSPS) is 11.4. The molecular weight excluding hydrogens is 422 g/mol. The van der Waals surface area contributed by atoms with Crippen LogP contribution in [0.1, 0.15) is 29.0 Å². The Morgan fingerprint density at radius 1 is 0.970 bits per heavy atom. The van der Waals surface area contributed by atoms with E-state index in [0.29, 0.717) is 23.7 Å². The molecule has 0 radical (unpaired) electrons. The van der Waals surface area contributed by atoms with Gasteiger partial charge in [-0.3, -0.25) is 19.6 Å². The van der Waals surface area contributed by atoms with Gasteiger partial charge in [0.15, 0.2) is 5.76 Å². The first-order chi connectivity index (χ1) is 16.1. The van der Waals surface area contributed by atoms with Crippen molar-refractivity contribution < 1.29 is 24.0 Å². The lowest BCUT2D eigenvalue weighted by molar-refractivity contribution is -0.154. The topological polar surface area (TPSA) is 112 Å². The van der Waals surface area contributed by atoms with Crippen LogP contribution in [0.2, 0.25) is 0 Å². The average molecular weight is 450 g/mol. The minimum atomic E-state index is -0.617. The summed E-state index contributed by atoms with van der Waals surface area (Å²) in [5, 5.41) is 15.2. The number of hydrogen-bond acceptors (Lipinski definition) is 5. The third-order valence-electron chi connectivity index (χ3n) is 5.16. The van der Waals surface area contributed by atoms with E-state index in [2.05, 4.69) is 10.6 Å². The number of nitrogens with zero attached hydrogens (tertiary/aromatic N) is 1. The van der Waals surface area contributed by atoms with Gasteiger partial charge in [-0.15, -0.1) is 0 Å². The molecule has 0 saturated heterocycles. The first kappa shape index (κ1) is 23.7. The Kier molecular flexibility index (Phi) is 8.79. The number of furan rings is 1. The first-order valence-electron chi connectivity index (χ1n) is 10.7. The number of carbonyl (C=O) groups excluding carboxylic acids is 3. The Morgan fingerprint density at radius 3 is 2.36 bits per heavy atom. The lowest BCUT2D eigenvalue weighted by atomic mass is 9.98. The molecule has 1 aromatic heterocycles. The molecule has 1 heterocycles. The van der Waals surface area contributed by atoms with E-state index in [9.17, 15) is 19.6 Å². The molecule has 0 aliphatic heterocycles. The van der Waals surface area contributed by atoms with Crippen LogP contribution in [0.4, 0.5) is 0 Å². The molecule has 0 saturated carbocycles. The number of hydrogen-bond donors (Lipinski definition) is 3. The predicted octanol–water partition coefficient (Wildman–Crippen LogP) is 3.24. The summed E-state index contributed by atoms with van der Waals surface area (Å²) in [6, 6.07) is 22.5. The molecule has 3 rings (SSSR count). The van der Waals surface area contributed by atoms with Crippen LogP contribution in [0.5, 0.6) is 0 Å². The number of hydroxylamine groups is 2. The zero-order valence-electron chi connectivity index (χ0n) is 18.1. The van der Waals surface area contributed by atoms with E-state index in [1.54, 1.807) is 12.1 Å². The van der Waals surface area contributed by atoms with E-state index in [-0.39, 0.29) is 31.3 Å². The van der Waals surface area contributed by atoms with Gasteiger partial charge in [0.2, 0.25) is 12.3 Å². The molecule has 2 aromatic carbocycles. The maximum atomic E-state index is 12.6. The van der Waals surface area contributed by atoms with Crippen molar-refractivity contribution in [1.29, 1.82) is 0 Å². The summed E-state index contributed by atoms with van der Waals surface area (Å²) in [5.74, 6) is -0.747. The van der Waals surface area contributed by atoms with Gasteiger partial charge in [0, 0.05) is 5.56 Å². The van der Waals surface area contributed by atoms with Crippen molar-refractivity contribution in [2.45, 2.75) is 19.3 Å². The van der Waals surface area contributed by atoms with E-state index in [0.717, 1.165) is 17.5 Å². The number of amides is 3. The van der Waals surface area contributed by atoms with Crippen LogP contribution >= 0.6 is 0 Å². The molecule has 0 aliphatic rings. The van der Waals surface area contributed by atoms with Gasteiger partial charge in [0.05, 0.1) is 19.1 Å². The minimum Gasteiger partial charge on any atom is -0.451 e. The largest absolute Gasteiger partial charge is 0.451 e. The molecule has 8 heteroatoms. The van der Waals surface area contributed by atoms with Crippen molar-refractivity contribution in [1.82, 2.24) is 15.7 Å². The van der Waals surface area contributed by atoms with Gasteiger partial charge in [0.25, 0.3) is 5.91 Å². The fraction of sp³-hybridized carbons (Fsp3) is 0.240. The van der Waals surface area contributed by atoms with Crippen molar-refractivity contribution in [2.24, 2.45) is 5.92 Å². The van der Waals surface area contributed by atoms with Crippen LogP contribution in [0.3, 0.4) is 0 Å². The second-order valence-corrected chi connectivity index (χ2v) is 7.56. The Bertz CT molecular complexity index is 1040. The Hall–Kier alpha value is -3.91. The lowest BCUT2D eigenvalue weighted by Crippen LogP contribution is -2.43. The van der Waals surface area contributed by atoms with Crippen molar-refractivity contribution in [3.05, 3.63) is 84.1 Å². The molecule has 1 unspecified atom stereocenters. The van der Waals surface area contributed by atoms with Crippen molar-refractivity contribution in [3.8, 4) is 11.3 Å². The number of carbonyl (C=O) groups is 3. The summed E-state index contributed by atoms with van der Waals surface area (Å²) >= 11 is 0. The highest BCUT2D eigenvalue weighted by Gasteiger charge is 2.21. The Labute approximate surface area is 192 Å². The molecule has 1 atom stereocenters. The van der Waals surface area contributed by atoms with Gasteiger partial charge in [-0.25, -0.2) is 5.06 Å². The molecule has 3 aromatic rings. The second-order valence-electron chi connectivity index (χ2n) is 7.56. The summed E-state index contributed by atoms with van der Waals surface area (Å²) < 4.78 is 5.60. The molecule has 8 nitrogen and oxygen atoms in total. The molecule has 0 spiro atoms. The monoisotopic (exact) mass is 449 g/mol. The minimum absolute atomic E-state index is 0.110. The first-order valence-corrected chi connectivity index (χ1v) is 10.7. The standard InChI is InChI=1S/C25H27N3O5/c29-18-28(32)16-21(13-7-10-19-8-3-1-4-9-19)24(30)26-17-27-25(31)23-15-14-22(33-23)20-11-5-2-6-12-20/h1-6,8-9,11-12,14-15,18,21,32H,7,10,13,16-17H2,(H,26,30)(H,27,31). The summed E-state index contributed by atoms with van der Waals surface area (Å²) in [5.41, 5.74) is 2.00. The summed E-state index contributed by atoms with van der Waals surface area (Å²) in [6.45, 7) is -0.239. The SMILES string of the molecule is O=CN(O)CC(CCCc1ccccc1)C(=O)NCNC(=O)c1ccc(-c2ccccc2)o1. The maximum Gasteiger partial charge on any atom is 0.288 e. The average Bonchev–Trinajstić information content (AvgIpc) is 3.35. The van der Waals surface area contributed by atoms with Gasteiger partial charge in [-0.2, -0.15) is 0 Å². The number of benzene rings is 2. The van der Waals surface area contributed by atoms with Crippen LogP contribution in [0.15, 0.2) is 77.2 Å². The van der Waals surface area contributed by atoms with Crippen molar-refractivity contribution in [2.75, 3.05) is 13.2 Å². The Balaban J connectivity index is 1.48. The van der Waals surface area contributed by atoms with E-state index >= 15 is 0 Å². The van der Waals surface area contributed by atoms with Gasteiger partial charge < -0.3 is 15.1 Å². The molecule has 0 fully saturated rings. The Morgan fingerprint density at radius 2 is 1.67 bits per heavy atom. The summed E-state index contributed by atoms with van der Waals surface area (Å²) in [7, 11) is 0. The number of aryl methyl sites for hydroxylation is 1. The molecule has 172 valence electrons. The van der Waals surface area contributed by atoms with E-state index < -0.39 is 11.8 Å². The lowest BCUT2D eigenvalue weighted by Gasteiger charge is -2.19. The highest BCUT2D eigenvalue weighted by Crippen LogP contribution is 2.21. The summed E-state index contributed by atoms with van der Waals surface area (Å²) in [4.78, 5) is 35.7. The van der Waals surface area contributed by atoms with E-state index in [4.69, 9.17) is 4.42 Å². The van der Waals surface area contributed by atoms with E-state index in [1.165, 1.54) is 0 Å². The fourth-order valence-electron chi connectivity index (χ4n) is 3.43. The third-order valence-corrected chi connectivity index (χ3v) is 5.16. The van der Waals surface area contributed by atoms with Crippen LogP contribution in [0, 0.1) is 5.92 Å². The smallest absolute Gasteiger partial charge is 0.288 e. The molecule has 0 aliphatic carbocycles. The maximum absolute atomic E-state index is 12.6. The zero-order valence-corrected chi connectivity index (χ0v) is 18.1. The highest BCUT2D eigenvalue weighted by molar-refractivity contribution is 5.92. The molecule has 3 N–H and O–H groups in total. The highest BCUT2D eigenvalue weighted by atomic mass is 16.5. The fourth-order valence-corrected chi connectivity index (χ4v) is 3.43. The second kappa shape index (κ2) is 12.2. The van der Waals surface area contributed by atoms with Crippen LogP contribution in [0.25, 0.3) is 11.3 Å². The predicted molar refractivity (Wildman–Crippen MR) is 122 cm³/mol. The van der Waals surface area contributed by atoms with Gasteiger partial charge >= 0.3 is 0 Å². The number of rotatable bonds is 12. The molecular formula is C25H27N3O5. The number of nitrogens with one attached hydrogen (secondary N) is 2. The van der Waals surface area contributed by atoms with Gasteiger partial charge in [-0.05, 0) is 37.0 Å². The van der Waals surface area contributed by atoms with Gasteiger partial charge in [-0.1, -0.05) is 60.7 Å². The van der Waals surface area contributed by atoms with Crippen LogP contribution in [-0.4, -0.2) is 41.7 Å². The molecule has 33 heavy (non-hydrogen) atoms. The summed E-state index contributed by atoms with van der Waals surface area (Å²) in [6.07, 6.45) is 2.21. The molecule has 0 bridgehead atoms. The zero-order chi connectivity index (χ0) is 23.5. The van der Waals surface area contributed by atoms with E-state index in [1.807, 2.05) is 60.7 Å². The molecule has 3 amide bonds. The van der Waals surface area contributed by atoms with Crippen molar-refractivity contribution in [3.63, 3.8) is 0 Å². The van der Waals surface area contributed by atoms with Crippen LogP contribution < -0.4 is 10.6 Å². The third kappa shape index (κ3) is 7.33. The quantitative estimate of drug-likeness (QED) is 0.170. The van der Waals surface area contributed by atoms with Crippen molar-refractivity contribution >= 4 is 18.2 Å².